The summed E-state index contributed by atoms with van der Waals surface area (Å²) >= 11 is 12.8. The van der Waals surface area contributed by atoms with E-state index in [9.17, 15) is 0 Å². The number of benzene rings is 1. The Balaban J connectivity index is 1.73. The molecule has 0 atom stereocenters. The number of hydrogen-bond acceptors (Lipinski definition) is 2. The highest BCUT2D eigenvalue weighted by Crippen LogP contribution is 2.43. The van der Waals surface area contributed by atoms with E-state index in [1.165, 1.54) is 31.2 Å². The molecule has 4 rings (SSSR count). The van der Waals surface area contributed by atoms with Gasteiger partial charge in [-0.3, -0.25) is 0 Å². The molecule has 24 heavy (non-hydrogen) atoms. The fraction of sp³-hybridized carbons (Fsp3) is 0.421. The molecule has 2 fully saturated rings. The minimum absolute atomic E-state index is 0.628. The first-order valence-electron chi connectivity index (χ1n) is 8.65. The summed E-state index contributed by atoms with van der Waals surface area (Å²) in [4.78, 5) is 0. The van der Waals surface area contributed by atoms with Crippen molar-refractivity contribution in [3.63, 3.8) is 0 Å². The van der Waals surface area contributed by atoms with Gasteiger partial charge in [0.15, 0.2) is 0 Å². The first-order valence-corrected chi connectivity index (χ1v) is 9.41. The maximum absolute atomic E-state index is 6.41. The lowest BCUT2D eigenvalue weighted by Crippen LogP contribution is -2.26. The molecular weight excluding hydrogens is 341 g/mol. The number of halogens is 2. The Morgan fingerprint density at radius 2 is 1.79 bits per heavy atom. The van der Waals surface area contributed by atoms with Gasteiger partial charge >= 0.3 is 0 Å². The van der Waals surface area contributed by atoms with Crippen LogP contribution in [0.25, 0.3) is 11.8 Å². The molecule has 3 nitrogen and oxygen atoms in total. The monoisotopic (exact) mass is 361 g/mol. The van der Waals surface area contributed by atoms with Crippen LogP contribution in [-0.2, 0) is 0 Å². The third-order valence-corrected chi connectivity index (χ3v) is 5.52. The fourth-order valence-electron chi connectivity index (χ4n) is 3.38. The highest BCUT2D eigenvalue weighted by Gasteiger charge is 2.29. The second kappa shape index (κ2) is 6.91. The van der Waals surface area contributed by atoms with E-state index in [0.717, 1.165) is 24.5 Å². The zero-order valence-electron chi connectivity index (χ0n) is 13.5. The van der Waals surface area contributed by atoms with Crippen molar-refractivity contribution in [1.29, 1.82) is 0 Å². The number of nitrogens with zero attached hydrogens (tertiary/aromatic N) is 2. The van der Waals surface area contributed by atoms with Crippen molar-refractivity contribution < 1.29 is 0 Å². The highest BCUT2D eigenvalue weighted by molar-refractivity contribution is 6.37. The number of piperidine rings is 1. The van der Waals surface area contributed by atoms with Gasteiger partial charge in [-0.1, -0.05) is 35.3 Å². The van der Waals surface area contributed by atoms with Gasteiger partial charge in [0.2, 0.25) is 0 Å². The van der Waals surface area contributed by atoms with Crippen LogP contribution in [0.2, 0.25) is 10.0 Å². The molecule has 126 valence electrons. The normalized spacial score (nSPS) is 19.2. The summed E-state index contributed by atoms with van der Waals surface area (Å²) in [5.74, 6) is 1.26. The predicted molar refractivity (Wildman–Crippen MR) is 100 cm³/mol. The number of nitrogens with one attached hydrogen (secondary N) is 1. The summed E-state index contributed by atoms with van der Waals surface area (Å²) in [6.45, 7) is 2.19. The molecule has 1 aromatic heterocycles. The molecule has 2 heterocycles. The van der Waals surface area contributed by atoms with E-state index in [1.807, 2.05) is 29.1 Å². The maximum atomic E-state index is 6.41. The molecule has 0 unspecified atom stereocenters. The molecule has 1 saturated heterocycles. The van der Waals surface area contributed by atoms with Crippen LogP contribution in [0.4, 0.5) is 0 Å². The largest absolute Gasteiger partial charge is 0.317 e. The summed E-state index contributed by atoms with van der Waals surface area (Å²) in [5, 5.41) is 9.29. The zero-order chi connectivity index (χ0) is 16.5. The van der Waals surface area contributed by atoms with Gasteiger partial charge in [-0.05, 0) is 68.8 Å². The Hall–Kier alpha value is -1.29. The van der Waals surface area contributed by atoms with Crippen LogP contribution in [0.1, 0.15) is 42.9 Å². The molecular formula is C19H21Cl2N3. The lowest BCUT2D eigenvalue weighted by molar-refractivity contribution is 0.437. The Bertz CT molecular complexity index is 736. The van der Waals surface area contributed by atoms with Gasteiger partial charge in [0, 0.05) is 5.56 Å². The number of hydrogen-bond donors (Lipinski definition) is 1. The first-order chi connectivity index (χ1) is 11.7. The quantitative estimate of drug-likeness (QED) is 0.823. The molecule has 1 aliphatic carbocycles. The minimum atomic E-state index is 0.628. The summed E-state index contributed by atoms with van der Waals surface area (Å²) in [6, 6.07) is 5.59. The van der Waals surface area contributed by atoms with E-state index in [-0.39, 0.29) is 0 Å². The SMILES string of the molecule is Clc1cccc(Cl)c1-n1ncc(C2CC2)c1/C=C/C1CCNCC1. The van der Waals surface area contributed by atoms with Crippen LogP contribution in [-0.4, -0.2) is 22.9 Å². The Morgan fingerprint density at radius 3 is 2.46 bits per heavy atom. The molecule has 1 saturated carbocycles. The minimum Gasteiger partial charge on any atom is -0.317 e. The van der Waals surface area contributed by atoms with Gasteiger partial charge in [0.1, 0.15) is 5.69 Å². The van der Waals surface area contributed by atoms with E-state index in [2.05, 4.69) is 22.6 Å². The summed E-state index contributed by atoms with van der Waals surface area (Å²) in [7, 11) is 0. The van der Waals surface area contributed by atoms with Crippen LogP contribution in [0.5, 0.6) is 0 Å². The molecule has 2 aliphatic rings. The summed E-state index contributed by atoms with van der Waals surface area (Å²) in [6.07, 6.45) is 11.4. The van der Waals surface area contributed by atoms with Crippen LogP contribution in [0.3, 0.4) is 0 Å². The molecule has 5 heteroatoms. The molecule has 0 spiro atoms. The molecule has 1 N–H and O–H groups in total. The topological polar surface area (TPSA) is 29.9 Å². The average molecular weight is 362 g/mol. The van der Waals surface area contributed by atoms with E-state index in [1.54, 1.807) is 0 Å². The van der Waals surface area contributed by atoms with Crippen LogP contribution >= 0.6 is 23.2 Å². The van der Waals surface area contributed by atoms with E-state index in [0.29, 0.717) is 21.9 Å². The smallest absolute Gasteiger partial charge is 0.102 e. The molecule has 0 bridgehead atoms. The first kappa shape index (κ1) is 16.2. The van der Waals surface area contributed by atoms with Crippen LogP contribution < -0.4 is 5.32 Å². The summed E-state index contributed by atoms with van der Waals surface area (Å²) < 4.78 is 1.91. The lowest BCUT2D eigenvalue weighted by Gasteiger charge is -2.19. The lowest BCUT2D eigenvalue weighted by atomic mass is 9.97. The maximum Gasteiger partial charge on any atom is 0.102 e. The number of rotatable bonds is 4. The van der Waals surface area contributed by atoms with Crippen molar-refractivity contribution in [2.24, 2.45) is 5.92 Å². The highest BCUT2D eigenvalue weighted by atomic mass is 35.5. The molecule has 2 aromatic rings. The second-order valence-electron chi connectivity index (χ2n) is 6.69. The molecule has 0 amide bonds. The van der Waals surface area contributed by atoms with Crippen molar-refractivity contribution in [3.05, 3.63) is 51.8 Å². The van der Waals surface area contributed by atoms with Crippen molar-refractivity contribution in [1.82, 2.24) is 15.1 Å². The van der Waals surface area contributed by atoms with E-state index in [4.69, 9.17) is 23.2 Å². The number of aromatic nitrogens is 2. The molecule has 0 radical (unpaired) electrons. The van der Waals surface area contributed by atoms with Gasteiger partial charge < -0.3 is 5.32 Å². The fourth-order valence-corrected chi connectivity index (χ4v) is 3.94. The number of allylic oxidation sites excluding steroid dienone is 1. The molecule has 1 aliphatic heterocycles. The van der Waals surface area contributed by atoms with E-state index >= 15 is 0 Å². The third-order valence-electron chi connectivity index (χ3n) is 4.91. The van der Waals surface area contributed by atoms with Crippen molar-refractivity contribution >= 4 is 29.3 Å². The van der Waals surface area contributed by atoms with Crippen molar-refractivity contribution in [2.45, 2.75) is 31.6 Å². The van der Waals surface area contributed by atoms with Crippen molar-refractivity contribution in [3.8, 4) is 5.69 Å². The van der Waals surface area contributed by atoms with Gasteiger partial charge in [0.25, 0.3) is 0 Å². The second-order valence-corrected chi connectivity index (χ2v) is 7.50. The summed E-state index contributed by atoms with van der Waals surface area (Å²) in [5.41, 5.74) is 3.22. The Kier molecular flexibility index (Phi) is 4.66. The van der Waals surface area contributed by atoms with Gasteiger partial charge in [-0.25, -0.2) is 4.68 Å². The van der Waals surface area contributed by atoms with Crippen LogP contribution in [0, 0.1) is 5.92 Å². The van der Waals surface area contributed by atoms with E-state index < -0.39 is 0 Å². The molecule has 1 aromatic carbocycles. The van der Waals surface area contributed by atoms with Crippen molar-refractivity contribution in [2.75, 3.05) is 13.1 Å². The van der Waals surface area contributed by atoms with Gasteiger partial charge in [0.05, 0.1) is 21.9 Å². The van der Waals surface area contributed by atoms with Gasteiger partial charge in [-0.2, -0.15) is 5.10 Å². The third kappa shape index (κ3) is 3.26. The van der Waals surface area contributed by atoms with Crippen LogP contribution in [0.15, 0.2) is 30.5 Å². The standard InChI is InChI=1S/C19H21Cl2N3/c20-16-2-1-3-17(21)19(16)24-18(15(12-23-24)14-5-6-14)7-4-13-8-10-22-11-9-13/h1-4,7,12-14,22H,5-6,8-11H2/b7-4+. The number of para-hydroxylation sites is 1. The average Bonchev–Trinajstić information content (AvgIpc) is 3.35. The Labute approximate surface area is 152 Å². The zero-order valence-corrected chi connectivity index (χ0v) is 15.0. The Morgan fingerprint density at radius 1 is 1.08 bits per heavy atom. The predicted octanol–water partition coefficient (Wildman–Crippen LogP) is 5.07. The van der Waals surface area contributed by atoms with Gasteiger partial charge in [-0.15, -0.1) is 0 Å².